The fourth-order valence-electron chi connectivity index (χ4n) is 3.45. The van der Waals surface area contributed by atoms with E-state index in [-0.39, 0.29) is 12.3 Å². The molecule has 2 aromatic carbocycles. The van der Waals surface area contributed by atoms with Crippen LogP contribution in [0.3, 0.4) is 0 Å². The topological polar surface area (TPSA) is 72.8 Å². The number of ether oxygens (including phenoxy) is 1. The van der Waals surface area contributed by atoms with Crippen LogP contribution in [0.2, 0.25) is 5.02 Å². The molecular weight excluding hydrogens is 400 g/mol. The van der Waals surface area contributed by atoms with Gasteiger partial charge in [0.25, 0.3) is 0 Å². The average molecular weight is 417 g/mol. The van der Waals surface area contributed by atoms with E-state index in [0.29, 0.717) is 22.1 Å². The van der Waals surface area contributed by atoms with Crippen molar-refractivity contribution in [2.24, 2.45) is 0 Å². The van der Waals surface area contributed by atoms with Gasteiger partial charge in [-0.2, -0.15) is 0 Å². The van der Waals surface area contributed by atoms with Crippen molar-refractivity contribution in [3.05, 3.63) is 83.5 Å². The maximum absolute atomic E-state index is 13.0. The summed E-state index contributed by atoms with van der Waals surface area (Å²) < 4.78 is 7.69. The Balaban J connectivity index is 1.40. The van der Waals surface area contributed by atoms with Gasteiger partial charge in [-0.1, -0.05) is 11.6 Å². The van der Waals surface area contributed by atoms with Gasteiger partial charge in [-0.15, -0.1) is 0 Å². The van der Waals surface area contributed by atoms with Gasteiger partial charge in [-0.05, 0) is 49.4 Å². The van der Waals surface area contributed by atoms with Gasteiger partial charge in [-0.25, -0.2) is 4.98 Å². The first-order chi connectivity index (χ1) is 14.6. The summed E-state index contributed by atoms with van der Waals surface area (Å²) in [4.78, 5) is 24.7. The first-order valence-corrected chi connectivity index (χ1v) is 9.80. The van der Waals surface area contributed by atoms with E-state index in [1.807, 2.05) is 47.9 Å². The number of halogens is 1. The summed E-state index contributed by atoms with van der Waals surface area (Å²) >= 11 is 6.02. The lowest BCUT2D eigenvalue weighted by Gasteiger charge is -2.06. The number of benzene rings is 2. The fourth-order valence-corrected chi connectivity index (χ4v) is 3.62. The third kappa shape index (κ3) is 3.42. The van der Waals surface area contributed by atoms with Gasteiger partial charge in [-0.3, -0.25) is 9.78 Å². The molecule has 1 N–H and O–H groups in total. The molecule has 0 aliphatic rings. The number of nitrogens with zero attached hydrogens (tertiary/aromatic N) is 3. The number of rotatable bonds is 5. The molecule has 3 aromatic heterocycles. The predicted octanol–water partition coefficient (Wildman–Crippen LogP) is 5.55. The first-order valence-electron chi connectivity index (χ1n) is 9.42. The maximum Gasteiger partial charge on any atom is 0.184 e. The molecule has 0 saturated heterocycles. The lowest BCUT2D eigenvalue weighted by Crippen LogP contribution is -2.09. The summed E-state index contributed by atoms with van der Waals surface area (Å²) in [6.45, 7) is 2.12. The highest BCUT2D eigenvalue weighted by molar-refractivity contribution is 6.31. The molecule has 0 spiro atoms. The van der Waals surface area contributed by atoms with Crippen LogP contribution in [0.5, 0.6) is 11.5 Å². The molecule has 7 heteroatoms. The summed E-state index contributed by atoms with van der Waals surface area (Å²) in [5.41, 5.74) is 4.03. The van der Waals surface area contributed by atoms with E-state index >= 15 is 0 Å². The molecule has 0 fully saturated rings. The molecular formula is C23H17ClN4O2. The Morgan fingerprint density at radius 3 is 2.80 bits per heavy atom. The summed E-state index contributed by atoms with van der Waals surface area (Å²) in [5, 5.41) is 1.47. The maximum atomic E-state index is 13.0. The second-order valence-electron chi connectivity index (χ2n) is 7.08. The number of fused-ring (bicyclic) bond motifs is 2. The Bertz CT molecular complexity index is 1390. The van der Waals surface area contributed by atoms with Crippen molar-refractivity contribution in [3.63, 3.8) is 0 Å². The van der Waals surface area contributed by atoms with E-state index in [9.17, 15) is 4.79 Å². The minimum absolute atomic E-state index is 0.00750. The number of aromatic nitrogens is 4. The molecule has 0 amide bonds. The van der Waals surface area contributed by atoms with Gasteiger partial charge in [0.1, 0.15) is 11.5 Å². The highest BCUT2D eigenvalue weighted by atomic mass is 35.5. The van der Waals surface area contributed by atoms with Crippen LogP contribution in [0, 0.1) is 6.92 Å². The molecule has 0 bridgehead atoms. The zero-order valence-corrected chi connectivity index (χ0v) is 16.8. The number of hydrogen-bond acceptors (Lipinski definition) is 4. The van der Waals surface area contributed by atoms with Crippen LogP contribution < -0.4 is 4.74 Å². The number of carbonyl (C=O) groups excluding carboxylic acids is 1. The van der Waals surface area contributed by atoms with Crippen molar-refractivity contribution < 1.29 is 9.53 Å². The number of H-pyrrole nitrogens is 1. The number of aryl methyl sites for hydroxylation is 1. The van der Waals surface area contributed by atoms with Gasteiger partial charge < -0.3 is 14.3 Å². The molecule has 0 atom stereocenters. The van der Waals surface area contributed by atoms with Crippen molar-refractivity contribution in [2.45, 2.75) is 13.5 Å². The molecule has 0 saturated carbocycles. The minimum Gasteiger partial charge on any atom is -0.456 e. The van der Waals surface area contributed by atoms with Crippen molar-refractivity contribution in [1.82, 2.24) is 19.5 Å². The van der Waals surface area contributed by atoms with Crippen LogP contribution in [0.25, 0.3) is 21.9 Å². The van der Waals surface area contributed by atoms with E-state index in [0.717, 1.165) is 27.6 Å². The third-order valence-corrected chi connectivity index (χ3v) is 5.21. The summed E-state index contributed by atoms with van der Waals surface area (Å²) in [6, 6.07) is 14.8. The van der Waals surface area contributed by atoms with E-state index in [2.05, 4.69) is 15.0 Å². The van der Waals surface area contributed by atoms with E-state index in [4.69, 9.17) is 16.3 Å². The van der Waals surface area contributed by atoms with Crippen LogP contribution in [-0.2, 0) is 6.54 Å². The molecule has 0 aliphatic carbocycles. The fraction of sp³-hybridized carbons (Fsp3) is 0.0870. The molecule has 0 radical (unpaired) electrons. The van der Waals surface area contributed by atoms with Crippen LogP contribution >= 0.6 is 11.6 Å². The van der Waals surface area contributed by atoms with Crippen LogP contribution in [-0.4, -0.2) is 25.3 Å². The van der Waals surface area contributed by atoms with Crippen LogP contribution in [0.1, 0.15) is 16.1 Å². The summed E-state index contributed by atoms with van der Waals surface area (Å²) in [5.74, 6) is 1.33. The van der Waals surface area contributed by atoms with Crippen molar-refractivity contribution >= 4 is 39.3 Å². The van der Waals surface area contributed by atoms with Crippen molar-refractivity contribution in [3.8, 4) is 11.5 Å². The number of pyridine rings is 1. The second-order valence-corrected chi connectivity index (χ2v) is 7.51. The Morgan fingerprint density at radius 1 is 1.10 bits per heavy atom. The largest absolute Gasteiger partial charge is 0.456 e. The third-order valence-electron chi connectivity index (χ3n) is 4.97. The molecule has 0 unspecified atom stereocenters. The van der Waals surface area contributed by atoms with Gasteiger partial charge in [0, 0.05) is 39.4 Å². The number of Topliss-reactive ketones (excluding diaryl/α,β-unsaturated/α-hetero) is 1. The van der Waals surface area contributed by atoms with Gasteiger partial charge >= 0.3 is 0 Å². The smallest absolute Gasteiger partial charge is 0.184 e. The Hall–Kier alpha value is -3.64. The van der Waals surface area contributed by atoms with E-state index < -0.39 is 0 Å². The predicted molar refractivity (Wildman–Crippen MR) is 116 cm³/mol. The number of carbonyl (C=O) groups is 1. The molecule has 0 aliphatic heterocycles. The van der Waals surface area contributed by atoms with Crippen LogP contribution in [0.4, 0.5) is 0 Å². The zero-order valence-electron chi connectivity index (χ0n) is 16.1. The van der Waals surface area contributed by atoms with Gasteiger partial charge in [0.2, 0.25) is 0 Å². The average Bonchev–Trinajstić information content (AvgIpc) is 3.33. The number of nitrogens with one attached hydrogen (secondary N) is 1. The number of imidazole rings is 1. The number of hydrogen-bond donors (Lipinski definition) is 1. The molecule has 5 aromatic rings. The van der Waals surface area contributed by atoms with E-state index in [1.165, 1.54) is 0 Å². The monoisotopic (exact) mass is 416 g/mol. The van der Waals surface area contributed by atoms with E-state index in [1.54, 1.807) is 30.9 Å². The molecule has 148 valence electrons. The Labute approximate surface area is 177 Å². The lowest BCUT2D eigenvalue weighted by atomic mass is 10.1. The second kappa shape index (κ2) is 7.31. The molecule has 30 heavy (non-hydrogen) atoms. The summed E-state index contributed by atoms with van der Waals surface area (Å²) in [6.07, 6.45) is 5.08. The first kappa shape index (κ1) is 18.4. The number of aromatic amines is 1. The van der Waals surface area contributed by atoms with Crippen LogP contribution in [0.15, 0.2) is 67.3 Å². The Kier molecular flexibility index (Phi) is 4.48. The SMILES string of the molecule is Cc1ccc(Oc2ccc3c(C(=O)Cn4cnc5cc(Cl)ccc54)c[nH]c3c2)cn1. The zero-order chi connectivity index (χ0) is 20.7. The normalized spacial score (nSPS) is 11.3. The molecule has 5 rings (SSSR count). The highest BCUT2D eigenvalue weighted by Gasteiger charge is 2.15. The summed E-state index contributed by atoms with van der Waals surface area (Å²) in [7, 11) is 0. The highest BCUT2D eigenvalue weighted by Crippen LogP contribution is 2.27. The van der Waals surface area contributed by atoms with Gasteiger partial charge in [0.05, 0.1) is 30.1 Å². The van der Waals surface area contributed by atoms with Crippen molar-refractivity contribution in [1.29, 1.82) is 0 Å². The van der Waals surface area contributed by atoms with Gasteiger partial charge in [0.15, 0.2) is 5.78 Å². The minimum atomic E-state index is -0.00750. The number of ketones is 1. The standard InChI is InChI=1S/C23H17ClN4O2/c1-14-2-4-17(10-25-14)30-16-5-6-18-19(11-26-20(18)9-16)23(29)12-28-13-27-21-8-15(24)3-7-22(21)28/h2-11,13,26H,12H2,1H3. The van der Waals surface area contributed by atoms with Crippen molar-refractivity contribution in [2.75, 3.05) is 0 Å². The lowest BCUT2D eigenvalue weighted by molar-refractivity contribution is 0.0975. The Morgan fingerprint density at radius 2 is 1.97 bits per heavy atom. The quantitative estimate of drug-likeness (QED) is 0.381. The molecule has 3 heterocycles. The molecule has 6 nitrogen and oxygen atoms in total.